The maximum atomic E-state index is 13.1. The van der Waals surface area contributed by atoms with Gasteiger partial charge in [0.25, 0.3) is 0 Å². The number of ketones is 1. The molecule has 0 saturated carbocycles. The number of carbonyl (C=O) groups is 2. The van der Waals surface area contributed by atoms with Crippen molar-refractivity contribution in [3.8, 4) is 0 Å². The standard InChI is InChI=1S/C14H17F2NO3/c1-2-7-17-12(5-6-13(18)19)14(20)9-3-4-10(15)11(16)8-9/h3-4,8,12,17H,2,5-7H2,1H3,(H,18,19). The van der Waals surface area contributed by atoms with Gasteiger partial charge in [0, 0.05) is 12.0 Å². The highest BCUT2D eigenvalue weighted by Gasteiger charge is 2.21. The molecule has 0 amide bonds. The van der Waals surface area contributed by atoms with Crippen LogP contribution in [0.4, 0.5) is 8.78 Å². The van der Waals surface area contributed by atoms with Gasteiger partial charge in [0.05, 0.1) is 6.04 Å². The molecule has 0 spiro atoms. The summed E-state index contributed by atoms with van der Waals surface area (Å²) in [4.78, 5) is 22.8. The minimum absolute atomic E-state index is 0.0305. The predicted molar refractivity (Wildman–Crippen MR) is 69.6 cm³/mol. The molecule has 4 nitrogen and oxygen atoms in total. The molecule has 1 unspecified atom stereocenters. The molecule has 1 atom stereocenters. The summed E-state index contributed by atoms with van der Waals surface area (Å²) in [5, 5.41) is 11.6. The van der Waals surface area contributed by atoms with Crippen molar-refractivity contribution >= 4 is 11.8 Å². The number of hydrogen-bond acceptors (Lipinski definition) is 3. The van der Waals surface area contributed by atoms with Gasteiger partial charge in [-0.05, 0) is 37.6 Å². The maximum Gasteiger partial charge on any atom is 0.303 e. The number of halogens is 2. The molecule has 0 saturated heterocycles. The van der Waals surface area contributed by atoms with Gasteiger partial charge in [-0.25, -0.2) is 8.78 Å². The van der Waals surface area contributed by atoms with E-state index in [0.717, 1.165) is 18.6 Å². The number of carboxylic acid groups (broad SMARTS) is 1. The molecule has 0 bridgehead atoms. The molecular weight excluding hydrogens is 268 g/mol. The van der Waals surface area contributed by atoms with Crippen LogP contribution in [0.15, 0.2) is 18.2 Å². The first-order chi connectivity index (χ1) is 9.45. The number of Topliss-reactive ketones (excluding diaryl/α,β-unsaturated/α-hetero) is 1. The molecule has 0 heterocycles. The SMILES string of the molecule is CCCNC(CCC(=O)O)C(=O)c1ccc(F)c(F)c1. The predicted octanol–water partition coefficient (Wildman–Crippen LogP) is 2.38. The van der Waals surface area contributed by atoms with E-state index in [1.165, 1.54) is 6.07 Å². The van der Waals surface area contributed by atoms with Crippen molar-refractivity contribution in [2.75, 3.05) is 6.54 Å². The van der Waals surface area contributed by atoms with Crippen molar-refractivity contribution in [2.24, 2.45) is 0 Å². The lowest BCUT2D eigenvalue weighted by atomic mass is 9.99. The molecule has 110 valence electrons. The third-order valence-electron chi connectivity index (χ3n) is 2.81. The van der Waals surface area contributed by atoms with Crippen LogP contribution in [0.25, 0.3) is 0 Å². The second kappa shape index (κ2) is 7.69. The summed E-state index contributed by atoms with van der Waals surface area (Å²) in [6.45, 7) is 2.45. The van der Waals surface area contributed by atoms with E-state index in [9.17, 15) is 18.4 Å². The fourth-order valence-corrected chi connectivity index (χ4v) is 1.76. The third kappa shape index (κ3) is 4.70. The summed E-state index contributed by atoms with van der Waals surface area (Å²) in [6, 6.07) is 2.20. The number of hydrogen-bond donors (Lipinski definition) is 2. The quantitative estimate of drug-likeness (QED) is 0.720. The molecule has 0 aliphatic rings. The molecule has 2 N–H and O–H groups in total. The van der Waals surface area contributed by atoms with Crippen molar-refractivity contribution in [3.05, 3.63) is 35.4 Å². The smallest absolute Gasteiger partial charge is 0.303 e. The first-order valence-corrected chi connectivity index (χ1v) is 6.40. The van der Waals surface area contributed by atoms with Crippen molar-refractivity contribution < 1.29 is 23.5 Å². The number of benzene rings is 1. The molecule has 1 aromatic carbocycles. The lowest BCUT2D eigenvalue weighted by molar-refractivity contribution is -0.137. The monoisotopic (exact) mass is 285 g/mol. The molecule has 1 rings (SSSR count). The summed E-state index contributed by atoms with van der Waals surface area (Å²) < 4.78 is 26.0. The van der Waals surface area contributed by atoms with Gasteiger partial charge in [0.1, 0.15) is 0 Å². The van der Waals surface area contributed by atoms with Crippen LogP contribution in [0, 0.1) is 11.6 Å². The lowest BCUT2D eigenvalue weighted by Crippen LogP contribution is -2.37. The Bertz CT molecular complexity index is 491. The molecule has 0 aromatic heterocycles. The van der Waals surface area contributed by atoms with Crippen molar-refractivity contribution in [1.82, 2.24) is 5.32 Å². The summed E-state index contributed by atoms with van der Waals surface area (Å²) in [6.07, 6.45) is 0.707. The average Bonchev–Trinajstić information content (AvgIpc) is 2.41. The van der Waals surface area contributed by atoms with E-state index in [1.54, 1.807) is 0 Å². The van der Waals surface area contributed by atoms with Crippen LogP contribution < -0.4 is 5.32 Å². The van der Waals surface area contributed by atoms with Crippen LogP contribution in [0.1, 0.15) is 36.5 Å². The van der Waals surface area contributed by atoms with Gasteiger partial charge in [0.15, 0.2) is 17.4 Å². The van der Waals surface area contributed by atoms with Gasteiger partial charge < -0.3 is 10.4 Å². The Kier molecular flexibility index (Phi) is 6.24. The molecule has 0 fully saturated rings. The second-order valence-electron chi connectivity index (χ2n) is 4.43. The van der Waals surface area contributed by atoms with E-state index in [2.05, 4.69) is 5.32 Å². The molecule has 20 heavy (non-hydrogen) atoms. The average molecular weight is 285 g/mol. The van der Waals surface area contributed by atoms with Crippen molar-refractivity contribution in [3.63, 3.8) is 0 Å². The van der Waals surface area contributed by atoms with Crippen LogP contribution in [0.2, 0.25) is 0 Å². The second-order valence-corrected chi connectivity index (χ2v) is 4.43. The summed E-state index contributed by atoms with van der Waals surface area (Å²) >= 11 is 0. The Hall–Kier alpha value is -1.82. The van der Waals surface area contributed by atoms with E-state index >= 15 is 0 Å². The topological polar surface area (TPSA) is 66.4 Å². The van der Waals surface area contributed by atoms with Gasteiger partial charge >= 0.3 is 5.97 Å². The normalized spacial score (nSPS) is 12.2. The Labute approximate surface area is 115 Å². The highest BCUT2D eigenvalue weighted by Crippen LogP contribution is 2.13. The fourth-order valence-electron chi connectivity index (χ4n) is 1.76. The molecule has 6 heteroatoms. The first-order valence-electron chi connectivity index (χ1n) is 6.40. The molecule has 0 radical (unpaired) electrons. The van der Waals surface area contributed by atoms with E-state index in [4.69, 9.17) is 5.11 Å². The van der Waals surface area contributed by atoms with Gasteiger partial charge in [-0.1, -0.05) is 6.92 Å². The van der Waals surface area contributed by atoms with Gasteiger partial charge in [0.2, 0.25) is 0 Å². The number of carbonyl (C=O) groups excluding carboxylic acids is 1. The first kappa shape index (κ1) is 16.2. The number of nitrogens with one attached hydrogen (secondary N) is 1. The fraction of sp³-hybridized carbons (Fsp3) is 0.429. The summed E-state index contributed by atoms with van der Waals surface area (Å²) in [5.41, 5.74) is 0.0305. The summed E-state index contributed by atoms with van der Waals surface area (Å²) in [7, 11) is 0. The lowest BCUT2D eigenvalue weighted by Gasteiger charge is -2.16. The minimum Gasteiger partial charge on any atom is -0.481 e. The van der Waals surface area contributed by atoms with Crippen LogP contribution in [-0.2, 0) is 4.79 Å². The Morgan fingerprint density at radius 1 is 1.30 bits per heavy atom. The highest BCUT2D eigenvalue weighted by atomic mass is 19.2. The van der Waals surface area contributed by atoms with Crippen LogP contribution >= 0.6 is 0 Å². The Morgan fingerprint density at radius 3 is 2.55 bits per heavy atom. The summed E-state index contributed by atoms with van der Waals surface area (Å²) in [5.74, 6) is -3.56. The Morgan fingerprint density at radius 2 is 2.00 bits per heavy atom. The largest absolute Gasteiger partial charge is 0.481 e. The van der Waals surface area contributed by atoms with E-state index < -0.39 is 29.4 Å². The number of aliphatic carboxylic acids is 1. The van der Waals surface area contributed by atoms with Crippen molar-refractivity contribution in [1.29, 1.82) is 0 Å². The van der Waals surface area contributed by atoms with E-state index in [0.29, 0.717) is 6.54 Å². The van der Waals surface area contributed by atoms with Gasteiger partial charge in [-0.3, -0.25) is 9.59 Å². The number of carboxylic acids is 1. The zero-order valence-electron chi connectivity index (χ0n) is 11.2. The molecule has 0 aliphatic carbocycles. The van der Waals surface area contributed by atoms with Crippen molar-refractivity contribution in [2.45, 2.75) is 32.2 Å². The van der Waals surface area contributed by atoms with Gasteiger partial charge in [-0.2, -0.15) is 0 Å². The molecule has 1 aromatic rings. The Balaban J connectivity index is 2.84. The molecular formula is C14H17F2NO3. The van der Waals surface area contributed by atoms with Crippen LogP contribution in [-0.4, -0.2) is 29.4 Å². The van der Waals surface area contributed by atoms with Crippen LogP contribution in [0.5, 0.6) is 0 Å². The highest BCUT2D eigenvalue weighted by molar-refractivity contribution is 6.00. The zero-order valence-corrected chi connectivity index (χ0v) is 11.2. The van der Waals surface area contributed by atoms with E-state index in [-0.39, 0.29) is 18.4 Å². The van der Waals surface area contributed by atoms with Crippen LogP contribution in [0.3, 0.4) is 0 Å². The minimum atomic E-state index is -1.09. The van der Waals surface area contributed by atoms with Gasteiger partial charge in [-0.15, -0.1) is 0 Å². The van der Waals surface area contributed by atoms with E-state index in [1.807, 2.05) is 6.92 Å². The zero-order chi connectivity index (χ0) is 15.1. The number of rotatable bonds is 8. The molecule has 0 aliphatic heterocycles. The maximum absolute atomic E-state index is 13.1. The third-order valence-corrected chi connectivity index (χ3v) is 2.81.